The van der Waals surface area contributed by atoms with Gasteiger partial charge in [0.15, 0.2) is 11.6 Å². The van der Waals surface area contributed by atoms with Crippen LogP contribution in [0, 0.1) is 0 Å². The zero-order valence-corrected chi connectivity index (χ0v) is 43.4. The van der Waals surface area contributed by atoms with Crippen molar-refractivity contribution in [1.82, 2.24) is 29.1 Å². The number of nitrogens with zero attached hydrogens (tertiary/aromatic N) is 6. The van der Waals surface area contributed by atoms with Crippen LogP contribution in [0.15, 0.2) is 291 Å². The molecule has 0 radical (unpaired) electrons. The molecule has 6 heteroatoms. The Morgan fingerprint density at radius 2 is 0.463 bits per heavy atom. The fraction of sp³-hybridized carbons (Fsp3) is 0. The van der Waals surface area contributed by atoms with Crippen LogP contribution in [-0.4, -0.2) is 29.1 Å². The van der Waals surface area contributed by atoms with Crippen molar-refractivity contribution < 1.29 is 0 Å². The summed E-state index contributed by atoms with van der Waals surface area (Å²) in [5, 5.41) is 4.84. The summed E-state index contributed by atoms with van der Waals surface area (Å²) in [5.74, 6) is 1.41. The van der Waals surface area contributed by atoms with E-state index in [1.807, 2.05) is 72.8 Å². The molecule has 80 heavy (non-hydrogen) atoms. The van der Waals surface area contributed by atoms with E-state index in [9.17, 15) is 0 Å². The third-order valence-electron chi connectivity index (χ3n) is 15.4. The first kappa shape index (κ1) is 46.5. The van der Waals surface area contributed by atoms with Crippen LogP contribution < -0.4 is 0 Å². The fourth-order valence-corrected chi connectivity index (χ4v) is 11.4. The number of hydrogen-bond acceptors (Lipinski definition) is 4. The number of para-hydroxylation sites is 2. The minimum atomic E-state index is 0.705. The van der Waals surface area contributed by atoms with Gasteiger partial charge in [0.1, 0.15) is 0 Å². The molecular weight excluding hydrogens is 973 g/mol. The Kier molecular flexibility index (Phi) is 11.4. The maximum Gasteiger partial charge on any atom is 0.160 e. The molecule has 0 saturated carbocycles. The van der Waals surface area contributed by atoms with E-state index in [1.54, 1.807) is 0 Å². The topological polar surface area (TPSA) is 61.4 Å². The summed E-state index contributed by atoms with van der Waals surface area (Å²) in [7, 11) is 0. The minimum Gasteiger partial charge on any atom is -0.307 e. The number of rotatable bonds is 10. The maximum absolute atomic E-state index is 5.08. The number of fused-ring (bicyclic) bond motifs is 7. The zero-order chi connectivity index (χ0) is 52.9. The largest absolute Gasteiger partial charge is 0.307 e. The number of benzene rings is 11. The van der Waals surface area contributed by atoms with E-state index in [1.165, 1.54) is 32.6 Å². The van der Waals surface area contributed by atoms with Gasteiger partial charge in [-0.2, -0.15) is 0 Å². The molecule has 4 heterocycles. The highest BCUT2D eigenvalue weighted by Crippen LogP contribution is 2.43. The SMILES string of the molecule is c1ccc(-c2cc(-c3ccc(-c4ccc(-n5c6ccccc6c6ccc7c8ccccc8n(-c8ccc(-c9ccc(-c%10cc(-c%11ccccc%11)nc(-c%11ccccc%11)n%10)cc9)cc8)c7c65)cc4)cc3)nc(-c3ccccc3)n2)cc1. The zero-order valence-electron chi connectivity index (χ0n) is 43.4. The first-order chi connectivity index (χ1) is 39.6. The molecular formula is C74H48N6. The van der Waals surface area contributed by atoms with Crippen LogP contribution in [0.2, 0.25) is 0 Å². The van der Waals surface area contributed by atoms with Gasteiger partial charge in [-0.3, -0.25) is 0 Å². The monoisotopic (exact) mass is 1020 g/mol. The molecule has 0 unspecified atom stereocenters. The van der Waals surface area contributed by atoms with Gasteiger partial charge < -0.3 is 9.13 Å². The van der Waals surface area contributed by atoms with Crippen molar-refractivity contribution in [3.63, 3.8) is 0 Å². The second-order valence-electron chi connectivity index (χ2n) is 20.2. The van der Waals surface area contributed by atoms with Crippen LogP contribution in [0.4, 0.5) is 0 Å². The summed E-state index contributed by atoms with van der Waals surface area (Å²) in [6, 6.07) is 103. The Balaban J connectivity index is 0.782. The average Bonchev–Trinajstić information content (AvgIpc) is 4.29. The standard InChI is InChI=1S/C74H48N6/c1-5-17-53(18-6-1)65-47-67(77-73(75-65)57-21-9-3-10-22-57)55-33-29-49(30-34-55)51-37-41-59(42-38-51)79-69-27-15-13-25-61(69)63-45-46-64-62-26-14-16-28-70(62)80(72(64)71(63)79)60-43-39-52(40-44-60)50-31-35-56(36-32-50)68-48-66(54-19-7-2-8-20-54)76-74(78-68)58-23-11-4-12-24-58/h1-48H. The van der Waals surface area contributed by atoms with Gasteiger partial charge in [-0.05, 0) is 70.8 Å². The van der Waals surface area contributed by atoms with Crippen molar-refractivity contribution in [3.05, 3.63) is 291 Å². The predicted octanol–water partition coefficient (Wildman–Crippen LogP) is 18.8. The Labute approximate surface area is 462 Å². The maximum atomic E-state index is 5.08. The van der Waals surface area contributed by atoms with Gasteiger partial charge in [-0.15, -0.1) is 0 Å². The lowest BCUT2D eigenvalue weighted by molar-refractivity contribution is 1.15. The molecule has 6 nitrogen and oxygen atoms in total. The summed E-state index contributed by atoms with van der Waals surface area (Å²) in [6.45, 7) is 0. The molecule has 374 valence electrons. The lowest BCUT2D eigenvalue weighted by atomic mass is 10.0. The van der Waals surface area contributed by atoms with Crippen molar-refractivity contribution in [2.24, 2.45) is 0 Å². The van der Waals surface area contributed by atoms with E-state index in [-0.39, 0.29) is 0 Å². The third kappa shape index (κ3) is 8.31. The highest BCUT2D eigenvalue weighted by Gasteiger charge is 2.22. The van der Waals surface area contributed by atoms with Gasteiger partial charge in [-0.25, -0.2) is 19.9 Å². The summed E-state index contributed by atoms with van der Waals surface area (Å²) in [4.78, 5) is 20.2. The highest BCUT2D eigenvalue weighted by molar-refractivity contribution is 6.23. The van der Waals surface area contributed by atoms with Gasteiger partial charge in [0, 0.05) is 66.3 Å². The molecule has 0 N–H and O–H groups in total. The van der Waals surface area contributed by atoms with Gasteiger partial charge in [0.05, 0.1) is 44.8 Å². The molecule has 0 spiro atoms. The van der Waals surface area contributed by atoms with Crippen LogP contribution >= 0.6 is 0 Å². The van der Waals surface area contributed by atoms with Gasteiger partial charge in [0.25, 0.3) is 0 Å². The normalized spacial score (nSPS) is 11.5. The van der Waals surface area contributed by atoms with E-state index in [2.05, 4.69) is 228 Å². The second-order valence-corrected chi connectivity index (χ2v) is 20.2. The third-order valence-corrected chi connectivity index (χ3v) is 15.4. The number of aromatic nitrogens is 6. The van der Waals surface area contributed by atoms with Crippen LogP contribution in [0.3, 0.4) is 0 Å². The molecule has 15 rings (SSSR count). The van der Waals surface area contributed by atoms with Crippen molar-refractivity contribution in [2.75, 3.05) is 0 Å². The van der Waals surface area contributed by atoms with Crippen LogP contribution in [-0.2, 0) is 0 Å². The van der Waals surface area contributed by atoms with Gasteiger partial charge in [0.2, 0.25) is 0 Å². The predicted molar refractivity (Wildman–Crippen MR) is 330 cm³/mol. The van der Waals surface area contributed by atoms with Crippen LogP contribution in [0.5, 0.6) is 0 Å². The van der Waals surface area contributed by atoms with Crippen molar-refractivity contribution in [2.45, 2.75) is 0 Å². The first-order valence-electron chi connectivity index (χ1n) is 27.0. The minimum absolute atomic E-state index is 0.705. The molecule has 0 amide bonds. The van der Waals surface area contributed by atoms with E-state index in [0.29, 0.717) is 11.6 Å². The second kappa shape index (κ2) is 19.6. The number of hydrogen-bond donors (Lipinski definition) is 0. The molecule has 0 fully saturated rings. The van der Waals surface area contributed by atoms with Crippen LogP contribution in [0.1, 0.15) is 0 Å². The van der Waals surface area contributed by atoms with E-state index in [4.69, 9.17) is 19.9 Å². The first-order valence-corrected chi connectivity index (χ1v) is 27.0. The molecule has 4 aromatic heterocycles. The molecule has 0 aliphatic heterocycles. The van der Waals surface area contributed by atoms with E-state index in [0.717, 1.165) is 101 Å². The molecule has 0 aliphatic rings. The van der Waals surface area contributed by atoms with Crippen molar-refractivity contribution >= 4 is 43.6 Å². The Bertz CT molecular complexity index is 4320. The molecule has 0 saturated heterocycles. The van der Waals surface area contributed by atoms with Gasteiger partial charge in [-0.1, -0.05) is 243 Å². The van der Waals surface area contributed by atoms with Crippen molar-refractivity contribution in [1.29, 1.82) is 0 Å². The average molecular weight is 1020 g/mol. The lowest BCUT2D eigenvalue weighted by Crippen LogP contribution is -1.99. The molecule has 11 aromatic carbocycles. The Morgan fingerprint density at radius 1 is 0.200 bits per heavy atom. The fourth-order valence-electron chi connectivity index (χ4n) is 11.4. The highest BCUT2D eigenvalue weighted by atomic mass is 15.0. The summed E-state index contributed by atoms with van der Waals surface area (Å²) in [5.41, 5.74) is 21.1. The molecule has 15 aromatic rings. The molecule has 0 bridgehead atoms. The quantitative estimate of drug-likeness (QED) is 0.137. The molecule has 0 atom stereocenters. The summed E-state index contributed by atoms with van der Waals surface area (Å²) >= 11 is 0. The van der Waals surface area contributed by atoms with Crippen molar-refractivity contribution in [3.8, 4) is 101 Å². The van der Waals surface area contributed by atoms with Gasteiger partial charge >= 0.3 is 0 Å². The Morgan fingerprint density at radius 3 is 0.800 bits per heavy atom. The molecule has 0 aliphatic carbocycles. The van der Waals surface area contributed by atoms with E-state index < -0.39 is 0 Å². The lowest BCUT2D eigenvalue weighted by Gasteiger charge is -2.14. The summed E-state index contributed by atoms with van der Waals surface area (Å²) in [6.07, 6.45) is 0. The van der Waals surface area contributed by atoms with E-state index >= 15 is 0 Å². The van der Waals surface area contributed by atoms with Crippen LogP contribution in [0.25, 0.3) is 145 Å². The summed E-state index contributed by atoms with van der Waals surface area (Å²) < 4.78 is 4.91. The Hall–Kier alpha value is -10.8. The smallest absolute Gasteiger partial charge is 0.160 e.